The molecule has 0 aromatic heterocycles. The van der Waals surface area contributed by atoms with Crippen LogP contribution in [0.5, 0.6) is 0 Å². The fourth-order valence-electron chi connectivity index (χ4n) is 2.79. The molecule has 0 aliphatic carbocycles. The van der Waals surface area contributed by atoms with Gasteiger partial charge in [-0.25, -0.2) is 4.79 Å². The van der Waals surface area contributed by atoms with Crippen LogP contribution >= 0.6 is 0 Å². The molecule has 0 radical (unpaired) electrons. The highest BCUT2D eigenvalue weighted by molar-refractivity contribution is 5.80. The highest BCUT2D eigenvalue weighted by Gasteiger charge is 2.07. The van der Waals surface area contributed by atoms with Crippen molar-refractivity contribution in [2.24, 2.45) is 0 Å². The van der Waals surface area contributed by atoms with E-state index in [0.29, 0.717) is 0 Å². The minimum absolute atomic E-state index is 0. The average molecular weight is 346 g/mol. The van der Waals surface area contributed by atoms with E-state index in [4.69, 9.17) is 5.11 Å². The number of carbonyl (C=O) groups excluding carboxylic acids is 1. The van der Waals surface area contributed by atoms with Crippen molar-refractivity contribution in [2.45, 2.75) is 110 Å². The van der Waals surface area contributed by atoms with Crippen LogP contribution in [-0.4, -0.2) is 17.2 Å². The average Bonchev–Trinajstić information content (AvgIpc) is 2.50. The zero-order chi connectivity index (χ0) is 17.2. The summed E-state index contributed by atoms with van der Waals surface area (Å²) < 4.78 is 4.05. The van der Waals surface area contributed by atoms with Gasteiger partial charge in [0.2, 0.25) is 0 Å². The molecule has 0 bridgehead atoms. The molecule has 0 rings (SSSR count). The lowest BCUT2D eigenvalue weighted by Gasteiger charge is -2.03. The Morgan fingerprint density at radius 1 is 0.667 bits per heavy atom. The maximum Gasteiger partial charge on any atom is 0.513 e. The molecule has 5 nitrogen and oxygen atoms in total. The summed E-state index contributed by atoms with van der Waals surface area (Å²) in [5.74, 6) is -0.632. The van der Waals surface area contributed by atoms with Crippen molar-refractivity contribution in [2.75, 3.05) is 0 Å². The van der Waals surface area contributed by atoms with E-state index in [9.17, 15) is 9.59 Å². The molecule has 144 valence electrons. The second-order valence-corrected chi connectivity index (χ2v) is 6.44. The van der Waals surface area contributed by atoms with Crippen molar-refractivity contribution < 1.29 is 19.4 Å². The fourth-order valence-corrected chi connectivity index (χ4v) is 2.79. The third kappa shape index (κ3) is 20.9. The summed E-state index contributed by atoms with van der Waals surface area (Å²) in [6.45, 7) is 2.26. The number of unbranched alkanes of at least 4 members (excludes halogenated alkanes) is 14. The van der Waals surface area contributed by atoms with Crippen molar-refractivity contribution in [1.82, 2.24) is 6.15 Å². The third-order valence-corrected chi connectivity index (χ3v) is 4.19. The summed E-state index contributed by atoms with van der Waals surface area (Å²) in [4.78, 5) is 21.1. The van der Waals surface area contributed by atoms with E-state index in [-0.39, 0.29) is 12.6 Å². The Morgan fingerprint density at radius 2 is 1.00 bits per heavy atom. The van der Waals surface area contributed by atoms with Crippen LogP contribution in [0.15, 0.2) is 0 Å². The minimum Gasteiger partial charge on any atom is -0.449 e. The van der Waals surface area contributed by atoms with Gasteiger partial charge >= 0.3 is 12.1 Å². The zero-order valence-corrected chi connectivity index (χ0v) is 15.7. The summed E-state index contributed by atoms with van der Waals surface area (Å²) in [6.07, 6.45) is 17.8. The van der Waals surface area contributed by atoms with Crippen molar-refractivity contribution >= 4 is 12.1 Å². The smallest absolute Gasteiger partial charge is 0.449 e. The molecule has 5 heteroatoms. The molecule has 0 amide bonds. The molecule has 4 N–H and O–H groups in total. The van der Waals surface area contributed by atoms with Gasteiger partial charge in [0, 0.05) is 6.42 Å². The van der Waals surface area contributed by atoms with Gasteiger partial charge in [-0.2, -0.15) is 0 Å². The molecular weight excluding hydrogens is 306 g/mol. The van der Waals surface area contributed by atoms with E-state index in [1.54, 1.807) is 0 Å². The topological polar surface area (TPSA) is 98.6 Å². The van der Waals surface area contributed by atoms with Crippen LogP contribution in [0.2, 0.25) is 0 Å². The van der Waals surface area contributed by atoms with Crippen LogP contribution in [-0.2, 0) is 9.53 Å². The summed E-state index contributed by atoms with van der Waals surface area (Å²) in [7, 11) is 0. The molecule has 0 fully saturated rings. The van der Waals surface area contributed by atoms with Gasteiger partial charge in [0.05, 0.1) is 0 Å². The van der Waals surface area contributed by atoms with Gasteiger partial charge in [-0.1, -0.05) is 96.8 Å². The molecule has 0 atom stereocenters. The van der Waals surface area contributed by atoms with Crippen molar-refractivity contribution in [1.29, 1.82) is 0 Å². The van der Waals surface area contributed by atoms with Gasteiger partial charge in [-0.3, -0.25) is 4.79 Å². The summed E-state index contributed by atoms with van der Waals surface area (Å²) >= 11 is 0. The van der Waals surface area contributed by atoms with Crippen molar-refractivity contribution in [3.63, 3.8) is 0 Å². The number of carboxylic acid groups (broad SMARTS) is 1. The molecule has 0 saturated heterocycles. The lowest BCUT2D eigenvalue weighted by atomic mass is 10.0. The second-order valence-electron chi connectivity index (χ2n) is 6.44. The Hall–Kier alpha value is -1.10. The molecule has 0 heterocycles. The van der Waals surface area contributed by atoms with Crippen molar-refractivity contribution in [3.8, 4) is 0 Å². The monoisotopic (exact) mass is 345 g/mol. The molecule has 0 unspecified atom stereocenters. The predicted octanol–water partition coefficient (Wildman–Crippen LogP) is 6.63. The maximum absolute atomic E-state index is 11.0. The lowest BCUT2D eigenvalue weighted by Crippen LogP contribution is -2.09. The Labute approximate surface area is 148 Å². The molecular formula is C19H39NO4. The standard InChI is InChI=1S/C19H36O4.H3N/c1-2-3-4-5-6-7-8-9-10-11-12-13-14-15-16-17-18(20)23-19(21)22;/h2-17H2,1H3,(H,21,22);1H3. The van der Waals surface area contributed by atoms with E-state index in [1.165, 1.54) is 77.0 Å². The molecule has 0 aliphatic heterocycles. The minimum atomic E-state index is -1.50. The van der Waals surface area contributed by atoms with Crippen LogP contribution in [0.3, 0.4) is 0 Å². The van der Waals surface area contributed by atoms with Crippen LogP contribution in [0, 0.1) is 0 Å². The van der Waals surface area contributed by atoms with E-state index in [2.05, 4.69) is 11.7 Å². The first-order chi connectivity index (χ1) is 11.2. The number of hydrogen-bond acceptors (Lipinski definition) is 4. The van der Waals surface area contributed by atoms with Crippen LogP contribution in [0.1, 0.15) is 110 Å². The third-order valence-electron chi connectivity index (χ3n) is 4.19. The number of rotatable bonds is 16. The fraction of sp³-hybridized carbons (Fsp3) is 0.895. The van der Waals surface area contributed by atoms with Crippen LogP contribution in [0.4, 0.5) is 4.79 Å². The largest absolute Gasteiger partial charge is 0.513 e. The lowest BCUT2D eigenvalue weighted by molar-refractivity contribution is -0.139. The molecule has 24 heavy (non-hydrogen) atoms. The van der Waals surface area contributed by atoms with Gasteiger partial charge in [-0.15, -0.1) is 0 Å². The Bertz CT molecular complexity index is 295. The normalized spacial score (nSPS) is 10.2. The highest BCUT2D eigenvalue weighted by atomic mass is 16.7. The van der Waals surface area contributed by atoms with Crippen LogP contribution in [0.25, 0.3) is 0 Å². The highest BCUT2D eigenvalue weighted by Crippen LogP contribution is 2.13. The Balaban J connectivity index is 0. The summed E-state index contributed by atoms with van der Waals surface area (Å²) in [5.41, 5.74) is 0. The SMILES string of the molecule is CCCCCCCCCCCCCCCCCC(=O)OC(=O)O.N. The van der Waals surface area contributed by atoms with E-state index >= 15 is 0 Å². The first-order valence-corrected chi connectivity index (χ1v) is 9.60. The predicted molar refractivity (Wildman–Crippen MR) is 98.7 cm³/mol. The van der Waals surface area contributed by atoms with Gasteiger partial charge < -0.3 is 16.0 Å². The number of carbonyl (C=O) groups is 2. The van der Waals surface area contributed by atoms with Gasteiger partial charge in [0.15, 0.2) is 0 Å². The number of hydrogen-bond donors (Lipinski definition) is 2. The molecule has 0 aromatic carbocycles. The Kier molecular flexibility index (Phi) is 20.9. The van der Waals surface area contributed by atoms with E-state index in [0.717, 1.165) is 19.3 Å². The first kappa shape index (κ1) is 25.1. The van der Waals surface area contributed by atoms with Crippen LogP contribution < -0.4 is 6.15 Å². The van der Waals surface area contributed by atoms with Gasteiger partial charge in [0.25, 0.3) is 0 Å². The Morgan fingerprint density at radius 3 is 1.33 bits per heavy atom. The zero-order valence-electron chi connectivity index (χ0n) is 15.7. The number of ether oxygens (including phenoxy) is 1. The maximum atomic E-state index is 11.0. The molecule has 0 saturated carbocycles. The van der Waals surface area contributed by atoms with E-state index < -0.39 is 12.1 Å². The van der Waals surface area contributed by atoms with Crippen molar-refractivity contribution in [3.05, 3.63) is 0 Å². The second kappa shape index (κ2) is 19.9. The summed E-state index contributed by atoms with van der Waals surface area (Å²) in [6, 6.07) is 0. The summed E-state index contributed by atoms with van der Waals surface area (Å²) in [5, 5.41) is 8.27. The van der Waals surface area contributed by atoms with Gasteiger partial charge in [-0.05, 0) is 6.42 Å². The quantitative estimate of drug-likeness (QED) is 0.186. The first-order valence-electron chi connectivity index (χ1n) is 9.60. The molecule has 0 aromatic rings. The molecule has 0 aliphatic rings. The van der Waals surface area contributed by atoms with E-state index in [1.807, 2.05) is 0 Å². The number of esters is 1. The molecule has 0 spiro atoms. The van der Waals surface area contributed by atoms with Gasteiger partial charge in [0.1, 0.15) is 0 Å².